The summed E-state index contributed by atoms with van der Waals surface area (Å²) in [4.78, 5) is 0. The van der Waals surface area contributed by atoms with Crippen LogP contribution in [-0.2, 0) is 6.54 Å². The predicted octanol–water partition coefficient (Wildman–Crippen LogP) is 3.96. The van der Waals surface area contributed by atoms with Gasteiger partial charge in [-0.1, -0.05) is 18.2 Å². The highest BCUT2D eigenvalue weighted by molar-refractivity contribution is 5.35. The third-order valence-electron chi connectivity index (χ3n) is 3.26. The molecule has 0 aliphatic heterocycles. The van der Waals surface area contributed by atoms with E-state index in [9.17, 15) is 13.2 Å². The highest BCUT2D eigenvalue weighted by Gasteiger charge is 2.13. The fourth-order valence-corrected chi connectivity index (χ4v) is 2.12. The molecule has 0 aliphatic carbocycles. The van der Waals surface area contributed by atoms with E-state index in [0.29, 0.717) is 5.56 Å². The van der Waals surface area contributed by atoms with Gasteiger partial charge in [-0.05, 0) is 30.7 Å². The molecule has 0 fully saturated rings. The standard InChI is InChI=1S/C16H16F3NO/c1-10(12-5-3-4-6-15(12)21-2)20-9-11-7-13(17)16(19)14(18)8-11/h3-8,10,20H,9H2,1-2H3/t10-/m0/s1. The summed E-state index contributed by atoms with van der Waals surface area (Å²) in [6.45, 7) is 2.13. The van der Waals surface area contributed by atoms with Gasteiger partial charge < -0.3 is 10.1 Å². The Kier molecular flexibility index (Phi) is 4.85. The molecule has 0 bridgehead atoms. The van der Waals surface area contributed by atoms with Gasteiger partial charge in [0.15, 0.2) is 17.5 Å². The maximum atomic E-state index is 13.1. The van der Waals surface area contributed by atoms with Crippen molar-refractivity contribution in [3.05, 3.63) is 65.0 Å². The number of hydrogen-bond acceptors (Lipinski definition) is 2. The molecule has 2 aromatic rings. The van der Waals surface area contributed by atoms with Crippen molar-refractivity contribution in [3.63, 3.8) is 0 Å². The minimum Gasteiger partial charge on any atom is -0.496 e. The fourth-order valence-electron chi connectivity index (χ4n) is 2.12. The number of methoxy groups -OCH3 is 1. The van der Waals surface area contributed by atoms with Gasteiger partial charge in [-0.2, -0.15) is 0 Å². The first-order chi connectivity index (χ1) is 10.0. The second kappa shape index (κ2) is 6.63. The first kappa shape index (κ1) is 15.4. The summed E-state index contributed by atoms with van der Waals surface area (Å²) in [7, 11) is 1.58. The predicted molar refractivity (Wildman–Crippen MR) is 74.6 cm³/mol. The fraction of sp³-hybridized carbons (Fsp3) is 0.250. The Bertz CT molecular complexity index is 608. The Morgan fingerprint density at radius 3 is 2.33 bits per heavy atom. The van der Waals surface area contributed by atoms with Crippen molar-refractivity contribution in [2.24, 2.45) is 0 Å². The molecule has 0 saturated carbocycles. The van der Waals surface area contributed by atoms with Crippen molar-refractivity contribution < 1.29 is 17.9 Å². The lowest BCUT2D eigenvalue weighted by Gasteiger charge is -2.17. The van der Waals surface area contributed by atoms with E-state index >= 15 is 0 Å². The topological polar surface area (TPSA) is 21.3 Å². The Balaban J connectivity index is 2.09. The molecule has 0 heterocycles. The SMILES string of the molecule is COc1ccccc1[C@H](C)NCc1cc(F)c(F)c(F)c1. The van der Waals surface area contributed by atoms with Crippen LogP contribution in [-0.4, -0.2) is 7.11 Å². The monoisotopic (exact) mass is 295 g/mol. The first-order valence-corrected chi connectivity index (χ1v) is 6.52. The summed E-state index contributed by atoms with van der Waals surface area (Å²) < 4.78 is 44.4. The smallest absolute Gasteiger partial charge is 0.194 e. The lowest BCUT2D eigenvalue weighted by atomic mass is 10.1. The van der Waals surface area contributed by atoms with Gasteiger partial charge in [-0.25, -0.2) is 13.2 Å². The molecule has 0 aromatic heterocycles. The molecule has 1 N–H and O–H groups in total. The van der Waals surface area contributed by atoms with Crippen LogP contribution < -0.4 is 10.1 Å². The van der Waals surface area contributed by atoms with Crippen molar-refractivity contribution >= 4 is 0 Å². The van der Waals surface area contributed by atoms with Crippen LogP contribution in [0.25, 0.3) is 0 Å². The number of rotatable bonds is 5. The quantitative estimate of drug-likeness (QED) is 0.843. The van der Waals surface area contributed by atoms with E-state index < -0.39 is 17.5 Å². The molecule has 0 aliphatic rings. The van der Waals surface area contributed by atoms with E-state index in [1.54, 1.807) is 7.11 Å². The molecule has 0 amide bonds. The normalized spacial score (nSPS) is 12.2. The van der Waals surface area contributed by atoms with E-state index in [1.807, 2.05) is 31.2 Å². The third-order valence-corrected chi connectivity index (χ3v) is 3.26. The molecule has 5 heteroatoms. The summed E-state index contributed by atoms with van der Waals surface area (Å²) in [5, 5.41) is 3.13. The Hall–Kier alpha value is -2.01. The molecule has 0 saturated heterocycles. The average molecular weight is 295 g/mol. The van der Waals surface area contributed by atoms with Crippen LogP contribution in [0, 0.1) is 17.5 Å². The second-order valence-corrected chi connectivity index (χ2v) is 4.72. The van der Waals surface area contributed by atoms with Crippen molar-refractivity contribution in [2.45, 2.75) is 19.5 Å². The number of benzene rings is 2. The zero-order valence-electron chi connectivity index (χ0n) is 11.8. The summed E-state index contributed by atoms with van der Waals surface area (Å²) in [6.07, 6.45) is 0. The van der Waals surface area contributed by atoms with Crippen LogP contribution in [0.15, 0.2) is 36.4 Å². The number of para-hydroxylation sites is 1. The number of nitrogens with one attached hydrogen (secondary N) is 1. The molecule has 0 unspecified atom stereocenters. The van der Waals surface area contributed by atoms with Crippen molar-refractivity contribution in [3.8, 4) is 5.75 Å². The van der Waals surface area contributed by atoms with E-state index in [-0.39, 0.29) is 12.6 Å². The second-order valence-electron chi connectivity index (χ2n) is 4.72. The Morgan fingerprint density at radius 2 is 1.71 bits per heavy atom. The Labute approximate surface area is 121 Å². The summed E-state index contributed by atoms with van der Waals surface area (Å²) in [6, 6.07) is 9.37. The van der Waals surface area contributed by atoms with Crippen LogP contribution in [0.2, 0.25) is 0 Å². The molecule has 2 nitrogen and oxygen atoms in total. The average Bonchev–Trinajstić information content (AvgIpc) is 2.50. The third kappa shape index (κ3) is 3.55. The number of halogens is 3. The molecular formula is C16H16F3NO. The van der Waals surface area contributed by atoms with E-state index in [0.717, 1.165) is 23.4 Å². The largest absolute Gasteiger partial charge is 0.496 e. The van der Waals surface area contributed by atoms with Gasteiger partial charge in [0.05, 0.1) is 7.11 Å². The van der Waals surface area contributed by atoms with Crippen molar-refractivity contribution in [1.82, 2.24) is 5.32 Å². The van der Waals surface area contributed by atoms with Crippen LogP contribution in [0.1, 0.15) is 24.1 Å². The van der Waals surface area contributed by atoms with E-state index in [4.69, 9.17) is 4.74 Å². The number of hydrogen-bond donors (Lipinski definition) is 1. The van der Waals surface area contributed by atoms with Crippen LogP contribution in [0.3, 0.4) is 0 Å². The molecule has 2 rings (SSSR count). The van der Waals surface area contributed by atoms with Gasteiger partial charge >= 0.3 is 0 Å². The molecule has 1 atom stereocenters. The van der Waals surface area contributed by atoms with Crippen molar-refractivity contribution in [1.29, 1.82) is 0 Å². The lowest BCUT2D eigenvalue weighted by Crippen LogP contribution is -2.19. The zero-order chi connectivity index (χ0) is 15.4. The lowest BCUT2D eigenvalue weighted by molar-refractivity contribution is 0.401. The first-order valence-electron chi connectivity index (χ1n) is 6.52. The molecule has 21 heavy (non-hydrogen) atoms. The number of ether oxygens (including phenoxy) is 1. The Morgan fingerprint density at radius 1 is 1.10 bits per heavy atom. The highest BCUT2D eigenvalue weighted by Crippen LogP contribution is 2.24. The molecule has 112 valence electrons. The zero-order valence-corrected chi connectivity index (χ0v) is 11.8. The summed E-state index contributed by atoms with van der Waals surface area (Å²) in [5.41, 5.74) is 1.27. The minimum absolute atomic E-state index is 0.0858. The van der Waals surface area contributed by atoms with E-state index in [1.165, 1.54) is 0 Å². The van der Waals surface area contributed by atoms with Gasteiger partial charge in [0, 0.05) is 18.2 Å². The van der Waals surface area contributed by atoms with Crippen LogP contribution in [0.5, 0.6) is 5.75 Å². The highest BCUT2D eigenvalue weighted by atomic mass is 19.2. The van der Waals surface area contributed by atoms with Gasteiger partial charge in [0.2, 0.25) is 0 Å². The molecule has 0 radical (unpaired) electrons. The molecular weight excluding hydrogens is 279 g/mol. The minimum atomic E-state index is -1.45. The van der Waals surface area contributed by atoms with Crippen LogP contribution in [0.4, 0.5) is 13.2 Å². The summed E-state index contributed by atoms with van der Waals surface area (Å²) >= 11 is 0. The summed E-state index contributed by atoms with van der Waals surface area (Å²) in [5.74, 6) is -3.08. The van der Waals surface area contributed by atoms with Gasteiger partial charge in [0.25, 0.3) is 0 Å². The van der Waals surface area contributed by atoms with Gasteiger partial charge in [0.1, 0.15) is 5.75 Å². The van der Waals surface area contributed by atoms with Crippen LogP contribution >= 0.6 is 0 Å². The molecule has 0 spiro atoms. The van der Waals surface area contributed by atoms with Gasteiger partial charge in [-0.15, -0.1) is 0 Å². The maximum Gasteiger partial charge on any atom is 0.194 e. The van der Waals surface area contributed by atoms with E-state index in [2.05, 4.69) is 5.32 Å². The molecule has 2 aromatic carbocycles. The van der Waals surface area contributed by atoms with Crippen molar-refractivity contribution in [2.75, 3.05) is 7.11 Å². The maximum absolute atomic E-state index is 13.1. The van der Waals surface area contributed by atoms with Gasteiger partial charge in [-0.3, -0.25) is 0 Å².